The van der Waals surface area contributed by atoms with Gasteiger partial charge in [0.15, 0.2) is 12.1 Å². The lowest BCUT2D eigenvalue weighted by Crippen LogP contribution is -2.46. The fourth-order valence-corrected chi connectivity index (χ4v) is 4.02. The molecule has 2 aromatic carbocycles. The molecule has 3 amide bonds. The number of cyclic esters (lactones) is 1. The van der Waals surface area contributed by atoms with Crippen molar-refractivity contribution in [2.45, 2.75) is 58.2 Å². The summed E-state index contributed by atoms with van der Waals surface area (Å²) in [5.74, 6) is 0.233. The smallest absolute Gasteiger partial charge is 0.411 e. The molecule has 1 aliphatic heterocycles. The van der Waals surface area contributed by atoms with Gasteiger partial charge in [0.05, 0.1) is 6.54 Å². The molecule has 0 aromatic heterocycles. The Labute approximate surface area is 194 Å². The van der Waals surface area contributed by atoms with Gasteiger partial charge in [-0.3, -0.25) is 14.5 Å². The highest BCUT2D eigenvalue weighted by Gasteiger charge is 2.47. The van der Waals surface area contributed by atoms with Gasteiger partial charge in [-0.1, -0.05) is 48.9 Å². The first-order valence-electron chi connectivity index (χ1n) is 11.6. The van der Waals surface area contributed by atoms with Crippen molar-refractivity contribution in [3.8, 4) is 0 Å². The molecule has 0 bridgehead atoms. The molecule has 1 saturated heterocycles. The molecule has 2 N–H and O–H groups in total. The van der Waals surface area contributed by atoms with Gasteiger partial charge in [0.2, 0.25) is 11.8 Å². The van der Waals surface area contributed by atoms with E-state index in [1.807, 2.05) is 44.2 Å². The lowest BCUT2D eigenvalue weighted by atomic mass is 10.00. The number of anilines is 1. The van der Waals surface area contributed by atoms with Crippen molar-refractivity contribution in [2.24, 2.45) is 5.92 Å². The molecule has 0 radical (unpaired) electrons. The summed E-state index contributed by atoms with van der Waals surface area (Å²) < 4.78 is 5.73. The lowest BCUT2D eigenvalue weighted by molar-refractivity contribution is -0.126. The molecule has 1 saturated carbocycles. The van der Waals surface area contributed by atoms with Crippen LogP contribution in [0.15, 0.2) is 48.5 Å². The van der Waals surface area contributed by atoms with Crippen LogP contribution in [-0.4, -0.2) is 35.4 Å². The molecule has 1 heterocycles. The number of nitrogens with one attached hydrogen (secondary N) is 2. The second-order valence-electron chi connectivity index (χ2n) is 8.97. The average molecular weight is 450 g/mol. The Morgan fingerprint density at radius 1 is 1.12 bits per heavy atom. The molecule has 2 unspecified atom stereocenters. The molecule has 2 aromatic rings. The Morgan fingerprint density at radius 2 is 1.88 bits per heavy atom. The summed E-state index contributed by atoms with van der Waals surface area (Å²) in [5, 5.41) is 5.89. The van der Waals surface area contributed by atoms with Gasteiger partial charge >= 0.3 is 6.09 Å². The zero-order valence-corrected chi connectivity index (χ0v) is 19.2. The Bertz CT molecular complexity index is 1020. The largest absolute Gasteiger partial charge is 0.438 e. The second-order valence-corrected chi connectivity index (χ2v) is 8.97. The number of carbonyl (C=O) groups excluding carboxylic acids is 3. The number of hydrogen-bond acceptors (Lipinski definition) is 4. The molecule has 2 fully saturated rings. The first kappa shape index (κ1) is 22.8. The molecule has 4 rings (SSSR count). The first-order valence-corrected chi connectivity index (χ1v) is 11.6. The van der Waals surface area contributed by atoms with Crippen molar-refractivity contribution >= 4 is 23.6 Å². The molecular weight excluding hydrogens is 418 g/mol. The van der Waals surface area contributed by atoms with Crippen LogP contribution < -0.4 is 10.6 Å². The van der Waals surface area contributed by atoms with Crippen molar-refractivity contribution < 1.29 is 19.1 Å². The van der Waals surface area contributed by atoms with Crippen LogP contribution in [0.25, 0.3) is 0 Å². The van der Waals surface area contributed by atoms with Crippen LogP contribution in [0.3, 0.4) is 0 Å². The Balaban J connectivity index is 1.58. The molecule has 7 heteroatoms. The van der Waals surface area contributed by atoms with E-state index in [2.05, 4.69) is 10.6 Å². The second kappa shape index (κ2) is 10.1. The van der Waals surface area contributed by atoms with E-state index in [0.717, 1.165) is 30.4 Å². The quantitative estimate of drug-likeness (QED) is 0.597. The summed E-state index contributed by atoms with van der Waals surface area (Å²) in [6.07, 6.45) is 2.15. The summed E-state index contributed by atoms with van der Waals surface area (Å²) >= 11 is 0. The number of benzene rings is 2. The van der Waals surface area contributed by atoms with Gasteiger partial charge in [-0.05, 0) is 55.4 Å². The maximum Gasteiger partial charge on any atom is 0.411 e. The molecule has 1 aliphatic carbocycles. The van der Waals surface area contributed by atoms with Gasteiger partial charge in [-0.2, -0.15) is 0 Å². The third kappa shape index (κ3) is 5.72. The van der Waals surface area contributed by atoms with E-state index in [-0.39, 0.29) is 18.4 Å². The summed E-state index contributed by atoms with van der Waals surface area (Å²) in [4.78, 5) is 39.7. The summed E-state index contributed by atoms with van der Waals surface area (Å²) in [5.41, 5.74) is 3.35. The fourth-order valence-electron chi connectivity index (χ4n) is 4.02. The summed E-state index contributed by atoms with van der Waals surface area (Å²) in [6.45, 7) is 4.84. The minimum atomic E-state index is -0.792. The third-order valence-electron chi connectivity index (χ3n) is 6.06. The highest BCUT2D eigenvalue weighted by Crippen LogP contribution is 2.35. The molecule has 33 heavy (non-hydrogen) atoms. The highest BCUT2D eigenvalue weighted by atomic mass is 16.6. The zero-order chi connectivity index (χ0) is 23.4. The van der Waals surface area contributed by atoms with Crippen LogP contribution in [0.4, 0.5) is 10.5 Å². The molecular formula is C26H31N3O4. The molecule has 7 nitrogen and oxygen atoms in total. The number of rotatable bonds is 9. The van der Waals surface area contributed by atoms with E-state index < -0.39 is 18.2 Å². The number of hydrogen-bond donors (Lipinski definition) is 2. The van der Waals surface area contributed by atoms with Crippen LogP contribution in [-0.2, 0) is 20.9 Å². The Kier molecular flexibility index (Phi) is 6.96. The maximum atomic E-state index is 13.3. The van der Waals surface area contributed by atoms with E-state index in [9.17, 15) is 14.4 Å². The predicted molar refractivity (Wildman–Crippen MR) is 125 cm³/mol. The molecule has 0 spiro atoms. The number of ether oxygens (including phenoxy) is 1. The van der Waals surface area contributed by atoms with Gasteiger partial charge in [0.25, 0.3) is 0 Å². The molecule has 2 aliphatic rings. The number of amides is 3. The minimum absolute atomic E-state index is 0.0715. The van der Waals surface area contributed by atoms with E-state index in [4.69, 9.17) is 4.74 Å². The monoisotopic (exact) mass is 449 g/mol. The normalized spacial score (nSPS) is 19.8. The van der Waals surface area contributed by atoms with E-state index in [1.165, 1.54) is 4.90 Å². The summed E-state index contributed by atoms with van der Waals surface area (Å²) in [7, 11) is 0. The standard InChI is InChI=1S/C26H31N3O4/c1-3-5-22(30)28-21-7-4-6-20(14-21)24-23(25(31)27-15-18-12-13-18)29(26(32)33-24)16-19-10-8-17(2)9-11-19/h4,6-11,14,18,23-24H,3,5,12-13,15-16H2,1-2H3,(H,27,31)(H,28,30). The van der Waals surface area contributed by atoms with Gasteiger partial charge in [0, 0.05) is 18.7 Å². The van der Waals surface area contributed by atoms with Crippen LogP contribution >= 0.6 is 0 Å². The van der Waals surface area contributed by atoms with Crippen molar-refractivity contribution in [3.63, 3.8) is 0 Å². The van der Waals surface area contributed by atoms with Crippen molar-refractivity contribution in [1.29, 1.82) is 0 Å². The van der Waals surface area contributed by atoms with Gasteiger partial charge in [-0.25, -0.2) is 4.79 Å². The van der Waals surface area contributed by atoms with Crippen LogP contribution in [0.5, 0.6) is 0 Å². The van der Waals surface area contributed by atoms with Gasteiger partial charge < -0.3 is 15.4 Å². The van der Waals surface area contributed by atoms with Gasteiger partial charge in [0.1, 0.15) is 0 Å². The van der Waals surface area contributed by atoms with Gasteiger partial charge in [-0.15, -0.1) is 0 Å². The number of carbonyl (C=O) groups is 3. The predicted octanol–water partition coefficient (Wildman–Crippen LogP) is 4.32. The van der Waals surface area contributed by atoms with Crippen molar-refractivity contribution in [1.82, 2.24) is 10.2 Å². The molecule has 174 valence electrons. The fraction of sp³-hybridized carbons (Fsp3) is 0.423. The van der Waals surface area contributed by atoms with Crippen molar-refractivity contribution in [2.75, 3.05) is 11.9 Å². The van der Waals surface area contributed by atoms with E-state index in [0.29, 0.717) is 30.1 Å². The van der Waals surface area contributed by atoms with E-state index >= 15 is 0 Å². The summed E-state index contributed by atoms with van der Waals surface area (Å²) in [6, 6.07) is 14.3. The van der Waals surface area contributed by atoms with Crippen molar-refractivity contribution in [3.05, 3.63) is 65.2 Å². The zero-order valence-electron chi connectivity index (χ0n) is 19.2. The maximum absolute atomic E-state index is 13.3. The Morgan fingerprint density at radius 3 is 2.58 bits per heavy atom. The van der Waals surface area contributed by atoms with E-state index in [1.54, 1.807) is 18.2 Å². The number of aryl methyl sites for hydroxylation is 1. The highest BCUT2D eigenvalue weighted by molar-refractivity contribution is 5.91. The first-order chi connectivity index (χ1) is 15.9. The third-order valence-corrected chi connectivity index (χ3v) is 6.06. The SMILES string of the molecule is CCCC(=O)Nc1cccc(C2OC(=O)N(Cc3ccc(C)cc3)C2C(=O)NCC2CC2)c1. The Hall–Kier alpha value is -3.35. The molecule has 2 atom stereocenters. The van der Waals surface area contributed by atoms with Crippen LogP contribution in [0.1, 0.15) is 55.4 Å². The van der Waals surface area contributed by atoms with Crippen LogP contribution in [0.2, 0.25) is 0 Å². The topological polar surface area (TPSA) is 87.7 Å². The number of nitrogens with zero attached hydrogens (tertiary/aromatic N) is 1. The lowest BCUT2D eigenvalue weighted by Gasteiger charge is -2.24. The minimum Gasteiger partial charge on any atom is -0.438 e. The average Bonchev–Trinajstić information content (AvgIpc) is 3.57. The van der Waals surface area contributed by atoms with Crippen LogP contribution in [0, 0.1) is 12.8 Å².